The van der Waals surface area contributed by atoms with Gasteiger partial charge in [-0.25, -0.2) is 4.79 Å². The Labute approximate surface area is 611 Å². The maximum absolute atomic E-state index is 15.8. The first-order valence-electron chi connectivity index (χ1n) is 37.0. The van der Waals surface area contributed by atoms with Crippen LogP contribution in [0.4, 0.5) is 11.4 Å². The van der Waals surface area contributed by atoms with Crippen LogP contribution in [0.1, 0.15) is 208 Å². The number of carboxylic acids is 1. The average Bonchev–Trinajstić information content (AvgIpc) is 0.805. The standard InChI is InChI=1S/C76H121N13O14/c1-19-27-38-58-67(92)80-57(33-23-5)72(97)85(14)59(39-28-20-2)68(93)77-50(10)66(91)78-51(11)70(95)86(15)60(34-24-6)73(98)88(17)62(40-29-21-3)74(99)87(16)61(35-25-7)75(100)89(18)65(69(94)79-55(26-8)71(96)84(13)48-83(58)12)63(47-49(9)32-22-4)103-64(90)46-43-52-36-30-31-37-56(52)82-81-54-44-41-53(42-45-54)76(101)102/h22,30-32,36-37,41-42,44-45,49-51,55,57-63,65H,19-21,23-29,33-35,38-40,43,46-48H2,1-18H3,(H,77,93)(H,78,91)(H,79,94)(H,80,92)(H,101,102)/b32-22+,82-81+. The minimum Gasteiger partial charge on any atom is -0.478 e. The van der Waals surface area contributed by atoms with Gasteiger partial charge in [0, 0.05) is 48.7 Å². The zero-order chi connectivity index (χ0) is 77.4. The molecule has 0 aliphatic carbocycles. The fourth-order valence-electron chi connectivity index (χ4n) is 12.9. The Bertz CT molecular complexity index is 3200. The molecule has 1 heterocycles. The van der Waals surface area contributed by atoms with Crippen LogP contribution in [0.2, 0.25) is 0 Å². The number of amides is 10. The van der Waals surface area contributed by atoms with Crippen LogP contribution in [0.5, 0.6) is 0 Å². The van der Waals surface area contributed by atoms with Gasteiger partial charge >= 0.3 is 11.9 Å². The number of hydrogen-bond acceptors (Lipinski definition) is 16. The van der Waals surface area contributed by atoms with Gasteiger partial charge in [0.05, 0.1) is 29.6 Å². The molecule has 1 aliphatic heterocycles. The van der Waals surface area contributed by atoms with Crippen LogP contribution >= 0.6 is 0 Å². The zero-order valence-electron chi connectivity index (χ0n) is 64.6. The molecule has 0 spiro atoms. The van der Waals surface area contributed by atoms with Crippen molar-refractivity contribution in [2.45, 2.75) is 265 Å². The Balaban J connectivity index is 2.36. The number of aromatic carboxylic acids is 1. The number of carbonyl (C=O) groups excluding carboxylic acids is 11. The first kappa shape index (κ1) is 88.6. The fraction of sp³-hybridized carbons (Fsp3) is 0.658. The van der Waals surface area contributed by atoms with Crippen molar-refractivity contribution in [3.63, 3.8) is 0 Å². The van der Waals surface area contributed by atoms with E-state index in [2.05, 4.69) is 31.5 Å². The van der Waals surface area contributed by atoms with Gasteiger partial charge in [-0.1, -0.05) is 144 Å². The van der Waals surface area contributed by atoms with Crippen LogP contribution in [-0.4, -0.2) is 233 Å². The fourth-order valence-corrected chi connectivity index (χ4v) is 12.9. The van der Waals surface area contributed by atoms with E-state index in [0.29, 0.717) is 81.1 Å². The Morgan fingerprint density at radius 1 is 0.534 bits per heavy atom. The summed E-state index contributed by atoms with van der Waals surface area (Å²) in [5.74, 6) is -8.58. The summed E-state index contributed by atoms with van der Waals surface area (Å²) < 4.78 is 6.43. The Morgan fingerprint density at radius 2 is 1.02 bits per heavy atom. The molecule has 2 aromatic carbocycles. The van der Waals surface area contributed by atoms with Crippen LogP contribution in [0.15, 0.2) is 70.9 Å². The maximum Gasteiger partial charge on any atom is 0.335 e. The Kier molecular flexibility index (Phi) is 38.5. The normalized spacial score (nSPS) is 23.9. The van der Waals surface area contributed by atoms with Crippen molar-refractivity contribution >= 4 is 82.4 Å². The number of carboxylic acid groups (broad SMARTS) is 1. The summed E-state index contributed by atoms with van der Waals surface area (Å²) in [6.07, 6.45) is 8.12. The molecule has 0 saturated carbocycles. The second-order valence-corrected chi connectivity index (χ2v) is 27.4. The first-order valence-corrected chi connectivity index (χ1v) is 37.0. The number of unbranched alkanes of at least 4 members (excludes halogenated alkanes) is 3. The number of benzene rings is 2. The van der Waals surface area contributed by atoms with Crippen molar-refractivity contribution < 1.29 is 67.4 Å². The van der Waals surface area contributed by atoms with Gasteiger partial charge in [0.15, 0.2) is 0 Å². The lowest BCUT2D eigenvalue weighted by Crippen LogP contribution is -2.63. The molecule has 0 bridgehead atoms. The van der Waals surface area contributed by atoms with Gasteiger partial charge in [0.2, 0.25) is 59.1 Å². The molecule has 0 radical (unpaired) electrons. The summed E-state index contributed by atoms with van der Waals surface area (Å²) in [6.45, 7) is 19.5. The lowest BCUT2D eigenvalue weighted by molar-refractivity contribution is -0.162. The van der Waals surface area contributed by atoms with E-state index >= 15 is 19.2 Å². The van der Waals surface area contributed by atoms with Gasteiger partial charge in [-0.05, 0) is 127 Å². The van der Waals surface area contributed by atoms with Gasteiger partial charge in [0.25, 0.3) is 0 Å². The third-order valence-corrected chi connectivity index (χ3v) is 19.1. The van der Waals surface area contributed by atoms with Crippen LogP contribution in [-0.2, 0) is 63.9 Å². The van der Waals surface area contributed by atoms with Gasteiger partial charge in [-0.3, -0.25) is 57.6 Å². The van der Waals surface area contributed by atoms with Crippen LogP contribution in [0.25, 0.3) is 0 Å². The summed E-state index contributed by atoms with van der Waals surface area (Å²) in [7, 11) is 10.4. The van der Waals surface area contributed by atoms with Crippen LogP contribution in [0.3, 0.4) is 0 Å². The van der Waals surface area contributed by atoms with E-state index < -0.39 is 138 Å². The molecule has 2 aromatic rings. The topological polar surface area (TPSA) is 330 Å². The summed E-state index contributed by atoms with van der Waals surface area (Å²) in [6, 6.07) is 0.858. The average molecular weight is 1440 g/mol. The second-order valence-electron chi connectivity index (χ2n) is 27.4. The van der Waals surface area contributed by atoms with Gasteiger partial charge in [-0.15, -0.1) is 0 Å². The molecule has 5 N–H and O–H groups in total. The lowest BCUT2D eigenvalue weighted by atomic mass is 9.95. The highest BCUT2D eigenvalue weighted by atomic mass is 16.5. The molecule has 27 nitrogen and oxygen atoms in total. The van der Waals surface area contributed by atoms with E-state index in [1.54, 1.807) is 49.2 Å². The highest BCUT2D eigenvalue weighted by Crippen LogP contribution is 2.28. The third-order valence-electron chi connectivity index (χ3n) is 19.1. The summed E-state index contributed by atoms with van der Waals surface area (Å²) >= 11 is 0. The van der Waals surface area contributed by atoms with Crippen molar-refractivity contribution in [3.05, 3.63) is 71.8 Å². The van der Waals surface area contributed by atoms with Crippen molar-refractivity contribution in [1.29, 1.82) is 0 Å². The highest BCUT2D eigenvalue weighted by Gasteiger charge is 2.45. The molecule has 12 unspecified atom stereocenters. The molecule has 1 fully saturated rings. The number of allylic oxidation sites excluding steroid dienone is 2. The van der Waals surface area contributed by atoms with Gasteiger partial charge < -0.3 is 60.5 Å². The van der Waals surface area contributed by atoms with Crippen molar-refractivity contribution in [2.75, 3.05) is 56.0 Å². The molecule has 574 valence electrons. The van der Waals surface area contributed by atoms with Crippen molar-refractivity contribution in [2.24, 2.45) is 16.1 Å². The quantitative estimate of drug-likeness (QED) is 0.0318. The van der Waals surface area contributed by atoms with E-state index in [-0.39, 0.29) is 75.9 Å². The van der Waals surface area contributed by atoms with Gasteiger partial charge in [-0.2, -0.15) is 10.2 Å². The molecular weight excluding hydrogens is 1320 g/mol. The Hall–Kier alpha value is -8.62. The molecule has 1 saturated heterocycles. The number of esters is 1. The number of nitrogens with zero attached hydrogens (tertiary/aromatic N) is 9. The first-order chi connectivity index (χ1) is 48.8. The number of hydrogen-bond donors (Lipinski definition) is 5. The monoisotopic (exact) mass is 1440 g/mol. The van der Waals surface area contributed by atoms with E-state index in [1.807, 2.05) is 61.5 Å². The smallest absolute Gasteiger partial charge is 0.335 e. The van der Waals surface area contributed by atoms with Crippen LogP contribution < -0.4 is 21.3 Å². The highest BCUT2D eigenvalue weighted by molar-refractivity contribution is 5.99. The molecule has 0 aromatic heterocycles. The minimum atomic E-state index is -1.65. The second kappa shape index (κ2) is 44.8. The molecule has 103 heavy (non-hydrogen) atoms. The summed E-state index contributed by atoms with van der Waals surface area (Å²) in [5, 5.41) is 29.4. The molecule has 1 aliphatic rings. The van der Waals surface area contributed by atoms with E-state index in [9.17, 15) is 43.5 Å². The van der Waals surface area contributed by atoms with Crippen LogP contribution in [0, 0.1) is 5.92 Å². The number of ether oxygens (including phenoxy) is 1. The maximum atomic E-state index is 15.8. The number of rotatable bonds is 27. The molecule has 12 atom stereocenters. The summed E-state index contributed by atoms with van der Waals surface area (Å²) in [4.78, 5) is 185. The SMILES string of the molecule is C/C=C/C(C)CC(OC(=O)CCc1ccccc1/N=N/c1ccc(C(=O)O)cc1)C1C(=O)NC(CC)C(=O)N(C)CN(C)C(CCCC)C(=O)NC(CCC)C(=O)N(C)C(CCCC)C(=O)NC(C)C(=O)NC(C)C(=O)N(C)C(CCC)C(=O)N(C)C(CCCC)C(=O)N(C)C(CCC)C(=O)N1C. The number of aryl methyl sites for hydroxylation is 1. The van der Waals surface area contributed by atoms with Gasteiger partial charge in [0.1, 0.15) is 60.5 Å². The largest absolute Gasteiger partial charge is 0.478 e. The predicted molar refractivity (Wildman–Crippen MR) is 395 cm³/mol. The van der Waals surface area contributed by atoms with Crippen molar-refractivity contribution in [1.82, 2.24) is 55.6 Å². The Morgan fingerprint density at radius 3 is 1.55 bits per heavy atom. The molecule has 3 rings (SSSR count). The molecular formula is C76H121N13O14. The number of azo groups is 1. The summed E-state index contributed by atoms with van der Waals surface area (Å²) in [5.41, 5.74) is 1.49. The number of likely N-dealkylation sites (N-methyl/N-ethyl adjacent to an activating group) is 7. The lowest BCUT2D eigenvalue weighted by Gasteiger charge is -2.40. The minimum absolute atomic E-state index is 0.0109. The molecule has 27 heteroatoms. The third kappa shape index (κ3) is 26.2. The number of carbonyl (C=O) groups is 12. The zero-order valence-corrected chi connectivity index (χ0v) is 64.6. The van der Waals surface area contributed by atoms with E-state index in [0.717, 1.165) is 4.90 Å². The predicted octanol–water partition coefficient (Wildman–Crippen LogP) is 8.47. The number of nitrogens with one attached hydrogen (secondary N) is 4. The van der Waals surface area contributed by atoms with E-state index in [4.69, 9.17) is 4.74 Å². The van der Waals surface area contributed by atoms with Crippen molar-refractivity contribution in [3.8, 4) is 0 Å². The molecule has 10 amide bonds. The van der Waals surface area contributed by atoms with E-state index in [1.165, 1.54) is 105 Å².